The molecule has 2 aromatic rings. The van der Waals surface area contributed by atoms with E-state index in [9.17, 15) is 5.11 Å². The number of aromatic nitrogens is 1. The second-order valence-electron chi connectivity index (χ2n) is 4.92. The van der Waals surface area contributed by atoms with Crippen molar-refractivity contribution in [3.8, 4) is 0 Å². The Morgan fingerprint density at radius 3 is 3.11 bits per heavy atom. The molecule has 94 valence electrons. The molecule has 0 fully saturated rings. The Morgan fingerprint density at radius 2 is 2.28 bits per heavy atom. The van der Waals surface area contributed by atoms with Crippen LogP contribution in [0.2, 0.25) is 0 Å². The summed E-state index contributed by atoms with van der Waals surface area (Å²) in [7, 11) is 0. The van der Waals surface area contributed by atoms with Crippen molar-refractivity contribution in [3.05, 3.63) is 47.0 Å². The molecule has 0 bridgehead atoms. The van der Waals surface area contributed by atoms with Crippen LogP contribution < -0.4 is 5.73 Å². The lowest BCUT2D eigenvalue weighted by atomic mass is 9.78. The quantitative estimate of drug-likeness (QED) is 0.806. The summed E-state index contributed by atoms with van der Waals surface area (Å²) in [6.07, 6.45) is 5.73. The number of nitrogens with two attached hydrogens (primary N) is 1. The van der Waals surface area contributed by atoms with Crippen molar-refractivity contribution in [3.63, 3.8) is 0 Å². The summed E-state index contributed by atoms with van der Waals surface area (Å²) in [6, 6.07) is 3.74. The van der Waals surface area contributed by atoms with Crippen LogP contribution in [-0.2, 0) is 12.0 Å². The van der Waals surface area contributed by atoms with Crippen LogP contribution in [0.4, 0.5) is 5.82 Å². The van der Waals surface area contributed by atoms with Gasteiger partial charge in [0.2, 0.25) is 0 Å². The van der Waals surface area contributed by atoms with E-state index < -0.39 is 5.60 Å². The molecule has 0 aliphatic heterocycles. The van der Waals surface area contributed by atoms with Gasteiger partial charge in [0.1, 0.15) is 17.2 Å². The number of fused-ring (bicyclic) bond motifs is 1. The largest absolute Gasteiger partial charge is 0.469 e. The summed E-state index contributed by atoms with van der Waals surface area (Å²) in [6.45, 7) is 1.94. The van der Waals surface area contributed by atoms with Crippen LogP contribution in [0.1, 0.15) is 35.3 Å². The third-order valence-corrected chi connectivity index (χ3v) is 3.63. The zero-order valence-electron chi connectivity index (χ0n) is 10.3. The van der Waals surface area contributed by atoms with Gasteiger partial charge >= 0.3 is 0 Å². The number of furan rings is 1. The van der Waals surface area contributed by atoms with Crippen LogP contribution >= 0.6 is 0 Å². The molecule has 0 radical (unpaired) electrons. The minimum Gasteiger partial charge on any atom is -0.469 e. The standard InChI is InChI=1S/C14H16N2O2/c1-9-7-11(13(15)16-8-9)14(17)5-2-3-12-10(14)4-6-18-12/h4,6-8,17H,2-3,5H2,1H3,(H2,15,16). The fourth-order valence-electron chi connectivity index (χ4n) is 2.73. The molecular formula is C14H16N2O2. The van der Waals surface area contributed by atoms with Crippen molar-refractivity contribution < 1.29 is 9.52 Å². The van der Waals surface area contributed by atoms with Crippen molar-refractivity contribution in [2.75, 3.05) is 5.73 Å². The van der Waals surface area contributed by atoms with Gasteiger partial charge in [0, 0.05) is 23.7 Å². The van der Waals surface area contributed by atoms with Gasteiger partial charge in [-0.2, -0.15) is 0 Å². The maximum absolute atomic E-state index is 11.0. The highest BCUT2D eigenvalue weighted by atomic mass is 16.3. The molecule has 0 saturated carbocycles. The molecule has 2 aromatic heterocycles. The first kappa shape index (κ1) is 11.3. The van der Waals surface area contributed by atoms with Crippen molar-refractivity contribution in [1.29, 1.82) is 0 Å². The monoisotopic (exact) mass is 244 g/mol. The third-order valence-electron chi connectivity index (χ3n) is 3.63. The van der Waals surface area contributed by atoms with Gasteiger partial charge in [-0.15, -0.1) is 0 Å². The van der Waals surface area contributed by atoms with Gasteiger partial charge in [-0.25, -0.2) is 4.98 Å². The zero-order valence-corrected chi connectivity index (χ0v) is 10.3. The molecule has 1 aliphatic rings. The number of rotatable bonds is 1. The Balaban J connectivity index is 2.20. The first-order valence-electron chi connectivity index (χ1n) is 6.13. The maximum atomic E-state index is 11.0. The molecule has 0 spiro atoms. The lowest BCUT2D eigenvalue weighted by Crippen LogP contribution is -2.32. The Hall–Kier alpha value is -1.81. The summed E-state index contributed by atoms with van der Waals surface area (Å²) in [5.74, 6) is 1.24. The number of anilines is 1. The second kappa shape index (κ2) is 3.85. The SMILES string of the molecule is Cc1cnc(N)c(C2(O)CCCc3occc32)c1. The highest BCUT2D eigenvalue weighted by Gasteiger charge is 2.39. The van der Waals surface area contributed by atoms with E-state index in [2.05, 4.69) is 4.98 Å². The molecule has 1 atom stereocenters. The summed E-state index contributed by atoms with van der Waals surface area (Å²) < 4.78 is 5.42. The lowest BCUT2D eigenvalue weighted by molar-refractivity contribution is 0.0593. The number of hydrogen-bond donors (Lipinski definition) is 2. The fourth-order valence-corrected chi connectivity index (χ4v) is 2.73. The van der Waals surface area contributed by atoms with E-state index in [0.717, 1.165) is 29.7 Å². The van der Waals surface area contributed by atoms with Crippen molar-refractivity contribution >= 4 is 5.82 Å². The molecule has 3 rings (SSSR count). The van der Waals surface area contributed by atoms with E-state index in [-0.39, 0.29) is 0 Å². The molecule has 4 nitrogen and oxygen atoms in total. The number of nitrogen functional groups attached to an aromatic ring is 1. The van der Waals surface area contributed by atoms with Crippen LogP contribution in [0, 0.1) is 6.92 Å². The average Bonchev–Trinajstić information content (AvgIpc) is 2.82. The average molecular weight is 244 g/mol. The van der Waals surface area contributed by atoms with Gasteiger partial charge in [0.15, 0.2) is 0 Å². The molecule has 1 unspecified atom stereocenters. The molecule has 0 saturated heterocycles. The number of pyridine rings is 1. The molecule has 3 N–H and O–H groups in total. The van der Waals surface area contributed by atoms with E-state index in [1.165, 1.54) is 0 Å². The van der Waals surface area contributed by atoms with Gasteiger partial charge in [-0.05, 0) is 37.5 Å². The van der Waals surface area contributed by atoms with Gasteiger partial charge in [-0.1, -0.05) is 0 Å². The Kier molecular flexibility index (Phi) is 2.41. The predicted octanol–water partition coefficient (Wildman–Crippen LogP) is 2.14. The molecule has 2 heterocycles. The highest BCUT2D eigenvalue weighted by Crippen LogP contribution is 2.42. The lowest BCUT2D eigenvalue weighted by Gasteiger charge is -2.32. The van der Waals surface area contributed by atoms with Crippen LogP contribution in [0.25, 0.3) is 0 Å². The summed E-state index contributed by atoms with van der Waals surface area (Å²) in [5, 5.41) is 11.0. The first-order chi connectivity index (χ1) is 8.61. The van der Waals surface area contributed by atoms with E-state index in [1.54, 1.807) is 12.5 Å². The third kappa shape index (κ3) is 1.53. The van der Waals surface area contributed by atoms with Crippen LogP contribution in [0.5, 0.6) is 0 Å². The minimum atomic E-state index is -1.07. The summed E-state index contributed by atoms with van der Waals surface area (Å²) >= 11 is 0. The zero-order chi connectivity index (χ0) is 12.8. The number of hydrogen-bond acceptors (Lipinski definition) is 4. The van der Waals surface area contributed by atoms with E-state index in [0.29, 0.717) is 17.8 Å². The first-order valence-corrected chi connectivity index (χ1v) is 6.13. The van der Waals surface area contributed by atoms with Gasteiger partial charge in [0.25, 0.3) is 0 Å². The number of aliphatic hydroxyl groups is 1. The van der Waals surface area contributed by atoms with Gasteiger partial charge < -0.3 is 15.3 Å². The molecule has 0 amide bonds. The van der Waals surface area contributed by atoms with Crippen molar-refractivity contribution in [1.82, 2.24) is 4.98 Å². The van der Waals surface area contributed by atoms with Crippen LogP contribution in [0.15, 0.2) is 29.0 Å². The normalized spacial score (nSPS) is 22.8. The fraction of sp³-hybridized carbons (Fsp3) is 0.357. The Bertz CT molecular complexity index is 591. The van der Waals surface area contributed by atoms with E-state index in [4.69, 9.17) is 10.2 Å². The molecular weight excluding hydrogens is 228 g/mol. The molecule has 4 heteroatoms. The smallest absolute Gasteiger partial charge is 0.129 e. The van der Waals surface area contributed by atoms with Gasteiger partial charge in [0.05, 0.1) is 6.26 Å². The Morgan fingerprint density at radius 1 is 1.44 bits per heavy atom. The van der Waals surface area contributed by atoms with Crippen molar-refractivity contribution in [2.24, 2.45) is 0 Å². The van der Waals surface area contributed by atoms with Crippen molar-refractivity contribution in [2.45, 2.75) is 31.8 Å². The van der Waals surface area contributed by atoms with Crippen LogP contribution in [0.3, 0.4) is 0 Å². The molecule has 1 aliphatic carbocycles. The highest BCUT2D eigenvalue weighted by molar-refractivity contribution is 5.51. The molecule has 18 heavy (non-hydrogen) atoms. The van der Waals surface area contributed by atoms with Crippen LogP contribution in [-0.4, -0.2) is 10.1 Å². The predicted molar refractivity (Wildman–Crippen MR) is 68.0 cm³/mol. The second-order valence-corrected chi connectivity index (χ2v) is 4.92. The summed E-state index contributed by atoms with van der Waals surface area (Å²) in [5.41, 5.74) is 7.36. The Labute approximate surface area is 105 Å². The topological polar surface area (TPSA) is 72.3 Å². The van der Waals surface area contributed by atoms with E-state index in [1.807, 2.05) is 19.1 Å². The molecule has 0 aromatic carbocycles. The van der Waals surface area contributed by atoms with E-state index >= 15 is 0 Å². The minimum absolute atomic E-state index is 0.386. The number of nitrogens with zero attached hydrogens (tertiary/aromatic N) is 1. The number of aryl methyl sites for hydroxylation is 2. The summed E-state index contributed by atoms with van der Waals surface area (Å²) in [4.78, 5) is 4.14. The maximum Gasteiger partial charge on any atom is 0.129 e. The van der Waals surface area contributed by atoms with Gasteiger partial charge in [-0.3, -0.25) is 0 Å².